The van der Waals surface area contributed by atoms with Gasteiger partial charge in [-0.15, -0.1) is 0 Å². The summed E-state index contributed by atoms with van der Waals surface area (Å²) in [6.45, 7) is 1.73. The van der Waals surface area contributed by atoms with Crippen LogP contribution in [0.1, 0.15) is 32.6 Å². The van der Waals surface area contributed by atoms with E-state index in [-0.39, 0.29) is 29.1 Å². The predicted octanol–water partition coefficient (Wildman–Crippen LogP) is 1.66. The highest BCUT2D eigenvalue weighted by atomic mass is 16.6. The fraction of sp³-hybridized carbons (Fsp3) is 0.889. The number of rotatable bonds is 3. The highest BCUT2D eigenvalue weighted by Gasteiger charge is 2.29. The quantitative estimate of drug-likeness (QED) is 0.496. The zero-order chi connectivity index (χ0) is 9.84. The Labute approximate surface area is 77.5 Å². The lowest BCUT2D eigenvalue weighted by atomic mass is 9.80. The average Bonchev–Trinajstić information content (AvgIpc) is 2.03. The van der Waals surface area contributed by atoms with Crippen molar-refractivity contribution in [2.75, 3.05) is 6.54 Å². The van der Waals surface area contributed by atoms with Crippen LogP contribution in [0.2, 0.25) is 0 Å². The van der Waals surface area contributed by atoms with Gasteiger partial charge in [0.15, 0.2) is 0 Å². The zero-order valence-electron chi connectivity index (χ0n) is 7.86. The van der Waals surface area contributed by atoms with E-state index in [9.17, 15) is 14.9 Å². The van der Waals surface area contributed by atoms with E-state index < -0.39 is 0 Å². The third-order valence-electron chi connectivity index (χ3n) is 2.73. The van der Waals surface area contributed by atoms with Crippen LogP contribution >= 0.6 is 0 Å². The maximum Gasteiger partial charge on any atom is 0.207 e. The number of hydrogen-bond donors (Lipinski definition) is 0. The van der Waals surface area contributed by atoms with Crippen LogP contribution in [0.5, 0.6) is 0 Å². The summed E-state index contributed by atoms with van der Waals surface area (Å²) in [5, 5.41) is 10.3. The molecule has 0 spiro atoms. The average molecular weight is 185 g/mol. The predicted molar refractivity (Wildman–Crippen MR) is 48.0 cm³/mol. The second-order valence-electron chi connectivity index (χ2n) is 3.81. The van der Waals surface area contributed by atoms with Gasteiger partial charge in [-0.3, -0.25) is 14.9 Å². The van der Waals surface area contributed by atoms with Crippen LogP contribution in [0.3, 0.4) is 0 Å². The van der Waals surface area contributed by atoms with Crippen molar-refractivity contribution in [2.45, 2.75) is 32.6 Å². The van der Waals surface area contributed by atoms with Gasteiger partial charge in [-0.25, -0.2) is 0 Å². The van der Waals surface area contributed by atoms with Gasteiger partial charge in [-0.05, 0) is 12.8 Å². The number of Topliss-reactive ketones (excluding diaryl/α,β-unsaturated/α-hetero) is 1. The molecule has 2 atom stereocenters. The molecule has 1 aliphatic carbocycles. The summed E-state index contributed by atoms with van der Waals surface area (Å²) in [5.74, 6) is 0.0718. The lowest BCUT2D eigenvalue weighted by Crippen LogP contribution is -2.29. The van der Waals surface area contributed by atoms with Gasteiger partial charge in [-0.1, -0.05) is 13.3 Å². The van der Waals surface area contributed by atoms with Crippen molar-refractivity contribution in [1.29, 1.82) is 0 Å². The first-order valence-corrected chi connectivity index (χ1v) is 4.75. The topological polar surface area (TPSA) is 60.2 Å². The third-order valence-corrected chi connectivity index (χ3v) is 2.73. The van der Waals surface area contributed by atoms with Gasteiger partial charge >= 0.3 is 0 Å². The molecule has 13 heavy (non-hydrogen) atoms. The first-order chi connectivity index (χ1) is 6.11. The molecule has 0 unspecified atom stereocenters. The molecular weight excluding hydrogens is 170 g/mol. The molecule has 0 aliphatic heterocycles. The van der Waals surface area contributed by atoms with Gasteiger partial charge in [0.2, 0.25) is 6.54 Å². The van der Waals surface area contributed by atoms with E-state index in [1.54, 1.807) is 6.92 Å². The first kappa shape index (κ1) is 10.2. The summed E-state index contributed by atoms with van der Waals surface area (Å²) in [5.41, 5.74) is 0. The van der Waals surface area contributed by atoms with E-state index in [1.165, 1.54) is 0 Å². The largest absolute Gasteiger partial charge is 0.299 e. The summed E-state index contributed by atoms with van der Waals surface area (Å²) in [6, 6.07) is 0. The smallest absolute Gasteiger partial charge is 0.207 e. The summed E-state index contributed by atoms with van der Waals surface area (Å²) < 4.78 is 0. The van der Waals surface area contributed by atoms with Crippen molar-refractivity contribution in [1.82, 2.24) is 0 Å². The van der Waals surface area contributed by atoms with Gasteiger partial charge in [-0.2, -0.15) is 0 Å². The van der Waals surface area contributed by atoms with Crippen LogP contribution < -0.4 is 0 Å². The van der Waals surface area contributed by atoms with Crippen molar-refractivity contribution in [3.05, 3.63) is 10.1 Å². The summed E-state index contributed by atoms with van der Waals surface area (Å²) in [4.78, 5) is 21.3. The van der Waals surface area contributed by atoms with Crippen LogP contribution in [0, 0.1) is 22.0 Å². The van der Waals surface area contributed by atoms with E-state index in [0.717, 1.165) is 19.3 Å². The SMILES string of the molecule is C[C@@H](C[N+](=O)[O-])[C@H]1CCCCC1=O. The minimum absolute atomic E-state index is 0.0563. The van der Waals surface area contributed by atoms with Crippen LogP contribution in [0.15, 0.2) is 0 Å². The van der Waals surface area contributed by atoms with Crippen LogP contribution in [-0.4, -0.2) is 17.3 Å². The fourth-order valence-electron chi connectivity index (χ4n) is 1.97. The normalized spacial score (nSPS) is 25.6. The van der Waals surface area contributed by atoms with Crippen LogP contribution in [-0.2, 0) is 4.79 Å². The number of ketones is 1. The van der Waals surface area contributed by atoms with E-state index in [2.05, 4.69) is 0 Å². The van der Waals surface area contributed by atoms with Crippen molar-refractivity contribution in [2.24, 2.45) is 11.8 Å². The van der Waals surface area contributed by atoms with Crippen LogP contribution in [0.25, 0.3) is 0 Å². The molecule has 0 bridgehead atoms. The minimum atomic E-state index is -0.327. The van der Waals surface area contributed by atoms with Gasteiger partial charge in [0.25, 0.3) is 0 Å². The molecule has 0 aromatic heterocycles. The molecule has 1 fully saturated rings. The molecule has 4 heteroatoms. The number of carbonyl (C=O) groups excluding carboxylic acids is 1. The number of nitrogens with zero attached hydrogens (tertiary/aromatic N) is 1. The van der Waals surface area contributed by atoms with E-state index >= 15 is 0 Å². The number of nitro groups is 1. The molecule has 0 saturated heterocycles. The standard InChI is InChI=1S/C9H15NO3/c1-7(6-10(12)13)8-4-2-3-5-9(8)11/h7-8H,2-6H2,1H3/t7-,8+/m0/s1. The Bertz CT molecular complexity index is 215. The molecule has 0 heterocycles. The molecule has 0 N–H and O–H groups in total. The van der Waals surface area contributed by atoms with Crippen molar-refractivity contribution >= 4 is 5.78 Å². The Balaban J connectivity index is 2.48. The molecule has 1 aliphatic rings. The zero-order valence-corrected chi connectivity index (χ0v) is 7.86. The fourth-order valence-corrected chi connectivity index (χ4v) is 1.97. The Morgan fingerprint density at radius 3 is 2.85 bits per heavy atom. The third kappa shape index (κ3) is 2.79. The van der Waals surface area contributed by atoms with Crippen molar-refractivity contribution in [3.63, 3.8) is 0 Å². The van der Waals surface area contributed by atoms with Crippen molar-refractivity contribution in [3.8, 4) is 0 Å². The summed E-state index contributed by atoms with van der Waals surface area (Å²) in [7, 11) is 0. The van der Waals surface area contributed by atoms with Gasteiger partial charge in [0.05, 0.1) is 0 Å². The summed E-state index contributed by atoms with van der Waals surface area (Å²) in [6.07, 6.45) is 3.46. The molecule has 74 valence electrons. The van der Waals surface area contributed by atoms with Crippen molar-refractivity contribution < 1.29 is 9.72 Å². The minimum Gasteiger partial charge on any atom is -0.299 e. The second kappa shape index (κ2) is 4.35. The molecule has 0 aromatic carbocycles. The van der Waals surface area contributed by atoms with E-state index in [4.69, 9.17) is 0 Å². The maximum absolute atomic E-state index is 11.4. The Morgan fingerprint density at radius 2 is 2.31 bits per heavy atom. The molecule has 0 radical (unpaired) electrons. The Kier molecular flexibility index (Phi) is 3.39. The second-order valence-corrected chi connectivity index (χ2v) is 3.81. The van der Waals surface area contributed by atoms with E-state index in [0.29, 0.717) is 6.42 Å². The molecule has 1 saturated carbocycles. The molecule has 0 aromatic rings. The number of hydrogen-bond acceptors (Lipinski definition) is 3. The highest BCUT2D eigenvalue weighted by molar-refractivity contribution is 5.81. The Morgan fingerprint density at radius 1 is 1.62 bits per heavy atom. The monoisotopic (exact) mass is 185 g/mol. The molecule has 1 rings (SSSR count). The lowest BCUT2D eigenvalue weighted by Gasteiger charge is -2.23. The Hall–Kier alpha value is -0.930. The van der Waals surface area contributed by atoms with Gasteiger partial charge < -0.3 is 0 Å². The molecular formula is C9H15NO3. The van der Waals surface area contributed by atoms with E-state index in [1.807, 2.05) is 0 Å². The number of carbonyl (C=O) groups is 1. The highest BCUT2D eigenvalue weighted by Crippen LogP contribution is 2.26. The molecule has 0 amide bonds. The maximum atomic E-state index is 11.4. The van der Waals surface area contributed by atoms with Gasteiger partial charge in [0, 0.05) is 23.2 Å². The summed E-state index contributed by atoms with van der Waals surface area (Å²) >= 11 is 0. The van der Waals surface area contributed by atoms with Gasteiger partial charge in [0.1, 0.15) is 5.78 Å². The molecule has 4 nitrogen and oxygen atoms in total. The lowest BCUT2D eigenvalue weighted by molar-refractivity contribution is -0.488. The first-order valence-electron chi connectivity index (χ1n) is 4.75. The van der Waals surface area contributed by atoms with Crippen LogP contribution in [0.4, 0.5) is 0 Å².